The number of carbonyl (C=O) groups is 5. The van der Waals surface area contributed by atoms with Crippen molar-refractivity contribution < 1.29 is 38.2 Å². The normalized spacial score (nSPS) is 30.2. The molecule has 6 rings (SSSR count). The number of imide groups is 4. The molecular formula is C29H24BrClFN3O7. The van der Waals surface area contributed by atoms with Gasteiger partial charge in [0, 0.05) is 5.92 Å². The van der Waals surface area contributed by atoms with Gasteiger partial charge in [-0.1, -0.05) is 23.3 Å². The van der Waals surface area contributed by atoms with Crippen molar-refractivity contribution in [1.29, 1.82) is 0 Å². The van der Waals surface area contributed by atoms with Crippen LogP contribution in [0.15, 0.2) is 46.5 Å². The van der Waals surface area contributed by atoms with Crippen LogP contribution in [0, 0.1) is 34.9 Å². The summed E-state index contributed by atoms with van der Waals surface area (Å²) in [6.45, 7) is 1.67. The molecule has 6 atom stereocenters. The maximum absolute atomic E-state index is 14.4. The van der Waals surface area contributed by atoms with Gasteiger partial charge in [-0.15, -0.1) is 0 Å². The first-order valence-corrected chi connectivity index (χ1v) is 14.3. The molecule has 6 amide bonds. The van der Waals surface area contributed by atoms with Crippen molar-refractivity contribution in [3.05, 3.63) is 62.9 Å². The van der Waals surface area contributed by atoms with E-state index in [1.165, 1.54) is 19.2 Å². The lowest BCUT2D eigenvalue weighted by atomic mass is 9.51. The predicted octanol–water partition coefficient (Wildman–Crippen LogP) is 4.27. The van der Waals surface area contributed by atoms with Gasteiger partial charge in [0.05, 0.1) is 45.5 Å². The van der Waals surface area contributed by atoms with Crippen molar-refractivity contribution >= 4 is 62.9 Å². The number of fused-ring (bicyclic) bond motifs is 4. The van der Waals surface area contributed by atoms with Crippen LogP contribution in [0.3, 0.4) is 0 Å². The molecule has 0 bridgehead atoms. The molecule has 3 N–H and O–H groups in total. The maximum atomic E-state index is 14.4. The van der Waals surface area contributed by atoms with Crippen LogP contribution >= 0.6 is 27.5 Å². The second-order valence-electron chi connectivity index (χ2n) is 11.2. The number of amides is 6. The number of hydrogen-bond donors (Lipinski definition) is 2. The van der Waals surface area contributed by atoms with Crippen LogP contribution in [0.2, 0.25) is 5.02 Å². The van der Waals surface area contributed by atoms with Crippen molar-refractivity contribution in [2.45, 2.75) is 25.7 Å². The molecule has 2 aliphatic carbocycles. The Balaban J connectivity index is 1.56. The van der Waals surface area contributed by atoms with Crippen molar-refractivity contribution in [3.63, 3.8) is 0 Å². The lowest BCUT2D eigenvalue weighted by molar-refractivity contribution is -0.136. The van der Waals surface area contributed by atoms with Gasteiger partial charge in [-0.2, -0.15) is 4.90 Å². The van der Waals surface area contributed by atoms with Gasteiger partial charge in [0.25, 0.3) is 0 Å². The Bertz CT molecular complexity index is 1660. The van der Waals surface area contributed by atoms with Gasteiger partial charge in [0.1, 0.15) is 5.82 Å². The van der Waals surface area contributed by atoms with E-state index in [1.54, 1.807) is 25.1 Å². The first-order valence-electron chi connectivity index (χ1n) is 13.1. The number of rotatable bonds is 3. The third-order valence-electron chi connectivity index (χ3n) is 9.26. The molecule has 3 fully saturated rings. The zero-order valence-electron chi connectivity index (χ0n) is 22.3. The number of phenolic OH excluding ortho intramolecular Hbond substituents is 1. The third kappa shape index (κ3) is 3.70. The zero-order valence-corrected chi connectivity index (χ0v) is 24.6. The highest BCUT2D eigenvalue weighted by Gasteiger charge is 2.68. The van der Waals surface area contributed by atoms with E-state index in [0.29, 0.717) is 16.0 Å². The molecular weight excluding hydrogens is 637 g/mol. The Kier molecular flexibility index (Phi) is 6.50. The smallest absolute Gasteiger partial charge is 0.328 e. The van der Waals surface area contributed by atoms with Crippen LogP contribution < -0.4 is 15.4 Å². The Morgan fingerprint density at radius 2 is 1.86 bits per heavy atom. The maximum Gasteiger partial charge on any atom is 0.328 e. The minimum absolute atomic E-state index is 0.0397. The number of nitrogens with two attached hydrogens (primary N) is 1. The van der Waals surface area contributed by atoms with E-state index < -0.39 is 70.5 Å². The van der Waals surface area contributed by atoms with Gasteiger partial charge in [-0.05, 0) is 77.5 Å². The summed E-state index contributed by atoms with van der Waals surface area (Å²) >= 11 is 9.35. The average molecular weight is 661 g/mol. The molecule has 0 aromatic heterocycles. The van der Waals surface area contributed by atoms with E-state index in [4.69, 9.17) is 22.1 Å². The van der Waals surface area contributed by atoms with Gasteiger partial charge in [0.2, 0.25) is 23.6 Å². The van der Waals surface area contributed by atoms with Crippen molar-refractivity contribution in [1.82, 2.24) is 4.90 Å². The van der Waals surface area contributed by atoms with E-state index in [0.717, 1.165) is 11.0 Å². The molecule has 0 unspecified atom stereocenters. The number of methoxy groups -OCH3 is 1. The largest absolute Gasteiger partial charge is 0.503 e. The first-order chi connectivity index (χ1) is 19.8. The van der Waals surface area contributed by atoms with Crippen LogP contribution in [0.4, 0.5) is 14.9 Å². The quantitative estimate of drug-likeness (QED) is 0.369. The summed E-state index contributed by atoms with van der Waals surface area (Å²) in [7, 11) is 1.37. The molecule has 4 aliphatic rings. The van der Waals surface area contributed by atoms with Crippen LogP contribution in [0.1, 0.15) is 31.2 Å². The van der Waals surface area contributed by atoms with Gasteiger partial charge < -0.3 is 15.6 Å². The van der Waals surface area contributed by atoms with Gasteiger partial charge in [-0.25, -0.2) is 14.1 Å². The van der Waals surface area contributed by atoms with Gasteiger partial charge in [-0.3, -0.25) is 19.2 Å². The summed E-state index contributed by atoms with van der Waals surface area (Å²) in [6.07, 6.45) is 1.96. The number of primary amides is 1. The molecule has 2 aromatic carbocycles. The lowest BCUT2D eigenvalue weighted by Crippen LogP contribution is -2.49. The number of aromatic hydroxyl groups is 1. The topological polar surface area (TPSA) is 147 Å². The van der Waals surface area contributed by atoms with E-state index in [-0.39, 0.29) is 39.5 Å². The van der Waals surface area contributed by atoms with E-state index >= 15 is 0 Å². The highest BCUT2D eigenvalue weighted by atomic mass is 79.9. The second-order valence-corrected chi connectivity index (χ2v) is 12.4. The summed E-state index contributed by atoms with van der Waals surface area (Å²) in [5.74, 6) is -7.58. The Labute approximate surface area is 252 Å². The summed E-state index contributed by atoms with van der Waals surface area (Å²) in [5, 5.41) is 10.2. The molecule has 10 nitrogen and oxygen atoms in total. The summed E-state index contributed by atoms with van der Waals surface area (Å²) in [6, 6.07) is 5.57. The summed E-state index contributed by atoms with van der Waals surface area (Å²) < 4.78 is 19.6. The number of ether oxygens (including phenoxy) is 1. The molecule has 1 saturated carbocycles. The van der Waals surface area contributed by atoms with Gasteiger partial charge >= 0.3 is 6.03 Å². The number of nitrogens with zero attached hydrogens (tertiary/aromatic N) is 2. The minimum Gasteiger partial charge on any atom is -0.503 e. The number of phenols is 1. The van der Waals surface area contributed by atoms with Gasteiger partial charge in [0.15, 0.2) is 11.5 Å². The number of carbonyl (C=O) groups excluding carboxylic acids is 5. The molecule has 0 spiro atoms. The lowest BCUT2D eigenvalue weighted by Gasteiger charge is -2.49. The molecule has 218 valence electrons. The van der Waals surface area contributed by atoms with Crippen molar-refractivity contribution in [2.75, 3.05) is 12.0 Å². The molecule has 2 aromatic rings. The van der Waals surface area contributed by atoms with E-state index in [9.17, 15) is 33.5 Å². The molecule has 2 saturated heterocycles. The fourth-order valence-electron chi connectivity index (χ4n) is 7.40. The number of halogens is 3. The molecule has 2 aliphatic heterocycles. The first kappa shape index (κ1) is 28.4. The number of hydrogen-bond acceptors (Lipinski definition) is 7. The second kappa shape index (κ2) is 9.63. The molecule has 42 heavy (non-hydrogen) atoms. The van der Waals surface area contributed by atoms with Crippen LogP contribution in [-0.2, 0) is 19.2 Å². The fourth-order valence-corrected chi connectivity index (χ4v) is 8.03. The van der Waals surface area contributed by atoms with Crippen LogP contribution in [0.5, 0.6) is 11.5 Å². The molecule has 0 radical (unpaired) electrons. The Morgan fingerprint density at radius 3 is 2.50 bits per heavy atom. The fraction of sp³-hybridized carbons (Fsp3) is 0.345. The number of benzene rings is 2. The standard InChI is InChI=1S/C29H24BrClFN3O7/c1-29-16(25(38)34(27(29)40)12-3-6-19(32)18(31)9-12)10-15-13(22(29)11-7-17(30)23(36)20(8-11)42-2)4-5-14-21(15)26(39)35(24(14)37)28(33)41/h3-4,6-9,14-16,21-22,36H,5,10H2,1-2H3,(H2,33,41)/t14-,15+,16-,21-,22-,29+/m0/s1. The number of urea groups is 1. The van der Waals surface area contributed by atoms with E-state index in [2.05, 4.69) is 15.9 Å². The number of likely N-dealkylation sites (tertiary alicyclic amines) is 1. The summed E-state index contributed by atoms with van der Waals surface area (Å²) in [5.41, 5.74) is 5.24. The van der Waals surface area contributed by atoms with Crippen molar-refractivity contribution in [3.8, 4) is 11.5 Å². The minimum atomic E-state index is -1.40. The molecule has 2 heterocycles. The van der Waals surface area contributed by atoms with E-state index in [1.807, 2.05) is 0 Å². The highest BCUT2D eigenvalue weighted by Crippen LogP contribution is 2.64. The Hall–Kier alpha value is -3.77. The molecule has 13 heteroatoms. The monoisotopic (exact) mass is 659 g/mol. The predicted molar refractivity (Wildman–Crippen MR) is 150 cm³/mol. The number of anilines is 1. The third-order valence-corrected chi connectivity index (χ3v) is 10.2. The zero-order chi connectivity index (χ0) is 30.4. The van der Waals surface area contributed by atoms with Crippen LogP contribution in [0.25, 0.3) is 0 Å². The SMILES string of the molecule is COc1cc([C@H]2C3=CC[C@@H]4C(=O)N(C(N)=O)C(=O)[C@@H]4[C@@H]3C[C@H]3C(=O)N(c4ccc(F)c(Cl)c4)C(=O)[C@@]23C)cc(Br)c1O. The Morgan fingerprint density at radius 1 is 1.14 bits per heavy atom. The summed E-state index contributed by atoms with van der Waals surface area (Å²) in [4.78, 5) is 68.5. The van der Waals surface area contributed by atoms with Crippen LogP contribution in [-0.4, -0.2) is 46.8 Å². The number of allylic oxidation sites excluding steroid dienone is 2. The highest BCUT2D eigenvalue weighted by molar-refractivity contribution is 9.10. The van der Waals surface area contributed by atoms with Crippen molar-refractivity contribution in [2.24, 2.45) is 34.8 Å². The average Bonchev–Trinajstić information content (AvgIpc) is 3.31.